The molecule has 96 valence electrons. The number of rotatable bonds is 7. The fourth-order valence-corrected chi connectivity index (χ4v) is 2.83. The normalized spacial score (nSPS) is 27.6. The summed E-state index contributed by atoms with van der Waals surface area (Å²) in [6.45, 7) is 11.2. The maximum Gasteiger partial charge on any atom is 0.0756 e. The lowest BCUT2D eigenvalue weighted by Crippen LogP contribution is -2.47. The van der Waals surface area contributed by atoms with Gasteiger partial charge in [-0.3, -0.25) is 0 Å². The highest BCUT2D eigenvalue weighted by atomic mass is 16.5. The molecular formula is C14H29NO. The Hall–Kier alpha value is -0.0800. The molecule has 1 heterocycles. The van der Waals surface area contributed by atoms with Crippen molar-refractivity contribution in [2.45, 2.75) is 65.5 Å². The van der Waals surface area contributed by atoms with Crippen molar-refractivity contribution in [2.75, 3.05) is 13.2 Å². The summed E-state index contributed by atoms with van der Waals surface area (Å²) < 4.78 is 5.95. The van der Waals surface area contributed by atoms with Crippen LogP contribution in [0.4, 0.5) is 0 Å². The van der Waals surface area contributed by atoms with Gasteiger partial charge in [0.15, 0.2) is 0 Å². The summed E-state index contributed by atoms with van der Waals surface area (Å²) >= 11 is 0. The van der Waals surface area contributed by atoms with Crippen molar-refractivity contribution in [3.8, 4) is 0 Å². The molecule has 2 nitrogen and oxygen atoms in total. The average molecular weight is 227 g/mol. The molecule has 0 aliphatic carbocycles. The highest BCUT2D eigenvalue weighted by Crippen LogP contribution is 2.28. The van der Waals surface area contributed by atoms with Crippen molar-refractivity contribution in [1.29, 1.82) is 0 Å². The van der Waals surface area contributed by atoms with E-state index in [-0.39, 0.29) is 0 Å². The lowest BCUT2D eigenvalue weighted by Gasteiger charge is -2.33. The number of ether oxygens (including phenoxy) is 1. The fraction of sp³-hybridized carbons (Fsp3) is 1.00. The zero-order valence-electron chi connectivity index (χ0n) is 11.5. The predicted molar refractivity (Wildman–Crippen MR) is 69.7 cm³/mol. The van der Waals surface area contributed by atoms with E-state index in [2.05, 4.69) is 33.0 Å². The van der Waals surface area contributed by atoms with E-state index in [1.807, 2.05) is 0 Å². The average Bonchev–Trinajstić information content (AvgIpc) is 2.71. The van der Waals surface area contributed by atoms with Crippen molar-refractivity contribution in [3.05, 3.63) is 0 Å². The van der Waals surface area contributed by atoms with Gasteiger partial charge in [0.05, 0.1) is 6.10 Å². The van der Waals surface area contributed by atoms with E-state index in [9.17, 15) is 0 Å². The van der Waals surface area contributed by atoms with Crippen LogP contribution in [0.15, 0.2) is 0 Å². The van der Waals surface area contributed by atoms with Crippen molar-refractivity contribution >= 4 is 0 Å². The summed E-state index contributed by atoms with van der Waals surface area (Å²) in [6.07, 6.45) is 5.39. The van der Waals surface area contributed by atoms with Gasteiger partial charge < -0.3 is 10.1 Å². The minimum Gasteiger partial charge on any atom is -0.376 e. The van der Waals surface area contributed by atoms with E-state index in [1.54, 1.807) is 0 Å². The van der Waals surface area contributed by atoms with Gasteiger partial charge in [-0.2, -0.15) is 0 Å². The van der Waals surface area contributed by atoms with Gasteiger partial charge in [-0.1, -0.05) is 40.5 Å². The molecule has 0 saturated carbocycles. The Morgan fingerprint density at radius 2 is 1.94 bits per heavy atom. The molecule has 3 atom stereocenters. The summed E-state index contributed by atoms with van der Waals surface area (Å²) in [4.78, 5) is 0. The highest BCUT2D eigenvalue weighted by Gasteiger charge is 2.34. The Bertz CT molecular complexity index is 180. The minimum atomic E-state index is 0.441. The van der Waals surface area contributed by atoms with Crippen molar-refractivity contribution in [3.63, 3.8) is 0 Å². The molecule has 1 aliphatic rings. The van der Waals surface area contributed by atoms with Crippen molar-refractivity contribution in [2.24, 2.45) is 11.8 Å². The molecule has 16 heavy (non-hydrogen) atoms. The highest BCUT2D eigenvalue weighted by molar-refractivity contribution is 4.88. The first kappa shape index (κ1) is 14.0. The monoisotopic (exact) mass is 227 g/mol. The van der Waals surface area contributed by atoms with E-state index in [1.165, 1.54) is 25.7 Å². The van der Waals surface area contributed by atoms with Crippen LogP contribution in [-0.2, 0) is 4.74 Å². The van der Waals surface area contributed by atoms with Gasteiger partial charge in [0.25, 0.3) is 0 Å². The second-order valence-corrected chi connectivity index (χ2v) is 5.16. The van der Waals surface area contributed by atoms with Crippen LogP contribution in [0.1, 0.15) is 53.4 Å². The van der Waals surface area contributed by atoms with E-state index in [0.717, 1.165) is 25.0 Å². The molecule has 0 radical (unpaired) electrons. The zero-order valence-corrected chi connectivity index (χ0v) is 11.5. The van der Waals surface area contributed by atoms with Gasteiger partial charge in [-0.05, 0) is 31.2 Å². The summed E-state index contributed by atoms with van der Waals surface area (Å²) in [5.74, 6) is 1.48. The lowest BCUT2D eigenvalue weighted by atomic mass is 9.85. The van der Waals surface area contributed by atoms with Gasteiger partial charge in [-0.15, -0.1) is 0 Å². The quantitative estimate of drug-likeness (QED) is 0.721. The predicted octanol–water partition coefficient (Wildman–Crippen LogP) is 3.22. The topological polar surface area (TPSA) is 21.3 Å². The van der Waals surface area contributed by atoms with Crippen LogP contribution >= 0.6 is 0 Å². The molecule has 0 aromatic carbocycles. The first-order valence-corrected chi connectivity index (χ1v) is 7.09. The molecule has 2 heteroatoms. The molecule has 1 rings (SSSR count). The van der Waals surface area contributed by atoms with Crippen LogP contribution in [0.3, 0.4) is 0 Å². The van der Waals surface area contributed by atoms with E-state index < -0.39 is 0 Å². The van der Waals surface area contributed by atoms with E-state index in [0.29, 0.717) is 12.1 Å². The van der Waals surface area contributed by atoms with Gasteiger partial charge >= 0.3 is 0 Å². The Balaban J connectivity index is 2.60. The molecule has 0 amide bonds. The number of hydrogen-bond donors (Lipinski definition) is 1. The Labute approximate surface area is 101 Å². The maximum absolute atomic E-state index is 5.95. The molecule has 1 fully saturated rings. The largest absolute Gasteiger partial charge is 0.376 e. The first-order chi connectivity index (χ1) is 7.74. The minimum absolute atomic E-state index is 0.441. The zero-order chi connectivity index (χ0) is 12.0. The van der Waals surface area contributed by atoms with Gasteiger partial charge in [0, 0.05) is 12.6 Å². The molecule has 1 N–H and O–H groups in total. The van der Waals surface area contributed by atoms with Gasteiger partial charge in [-0.25, -0.2) is 0 Å². The third-order valence-electron chi connectivity index (χ3n) is 3.98. The van der Waals surface area contributed by atoms with Crippen LogP contribution in [0.25, 0.3) is 0 Å². The SMILES string of the molecule is CCCNC(C(CC)CC)C1OCCC1C. The molecule has 0 bridgehead atoms. The third-order valence-corrected chi connectivity index (χ3v) is 3.98. The van der Waals surface area contributed by atoms with Crippen LogP contribution in [-0.4, -0.2) is 25.3 Å². The molecule has 0 spiro atoms. The van der Waals surface area contributed by atoms with Gasteiger partial charge in [0.1, 0.15) is 0 Å². The van der Waals surface area contributed by atoms with Crippen LogP contribution in [0, 0.1) is 11.8 Å². The second-order valence-electron chi connectivity index (χ2n) is 5.16. The molecule has 1 saturated heterocycles. The molecular weight excluding hydrogens is 198 g/mol. The Morgan fingerprint density at radius 3 is 2.38 bits per heavy atom. The van der Waals surface area contributed by atoms with Crippen LogP contribution in [0.2, 0.25) is 0 Å². The third kappa shape index (κ3) is 3.46. The summed E-state index contributed by atoms with van der Waals surface area (Å²) in [6, 6.07) is 0.562. The lowest BCUT2D eigenvalue weighted by molar-refractivity contribution is 0.0390. The first-order valence-electron chi connectivity index (χ1n) is 7.09. The number of nitrogens with one attached hydrogen (secondary N) is 1. The summed E-state index contributed by atoms with van der Waals surface area (Å²) in [5.41, 5.74) is 0. The molecule has 3 unspecified atom stereocenters. The molecule has 0 aromatic rings. The Kier molecular flexibility index (Phi) is 6.37. The summed E-state index contributed by atoms with van der Waals surface area (Å²) in [7, 11) is 0. The fourth-order valence-electron chi connectivity index (χ4n) is 2.83. The van der Waals surface area contributed by atoms with E-state index in [4.69, 9.17) is 4.74 Å². The van der Waals surface area contributed by atoms with Gasteiger partial charge in [0.2, 0.25) is 0 Å². The van der Waals surface area contributed by atoms with E-state index >= 15 is 0 Å². The second kappa shape index (κ2) is 7.29. The van der Waals surface area contributed by atoms with Crippen LogP contribution < -0.4 is 5.32 Å². The van der Waals surface area contributed by atoms with Crippen LogP contribution in [0.5, 0.6) is 0 Å². The Morgan fingerprint density at radius 1 is 1.25 bits per heavy atom. The summed E-state index contributed by atoms with van der Waals surface area (Å²) in [5, 5.41) is 3.72. The maximum atomic E-state index is 5.95. The number of hydrogen-bond acceptors (Lipinski definition) is 2. The van der Waals surface area contributed by atoms with Crippen molar-refractivity contribution in [1.82, 2.24) is 5.32 Å². The smallest absolute Gasteiger partial charge is 0.0756 e. The van der Waals surface area contributed by atoms with Crippen molar-refractivity contribution < 1.29 is 4.74 Å². The molecule has 1 aliphatic heterocycles. The molecule has 0 aromatic heterocycles. The standard InChI is InChI=1S/C14H29NO/c1-5-9-15-13(12(6-2)7-3)14-11(4)8-10-16-14/h11-15H,5-10H2,1-4H3.